The third-order valence-electron chi connectivity index (χ3n) is 4.37. The maximum atomic E-state index is 12.5. The molecular weight excluding hydrogens is 330 g/mol. The molecule has 0 radical (unpaired) electrons. The van der Waals surface area contributed by atoms with E-state index in [0.29, 0.717) is 30.4 Å². The van der Waals surface area contributed by atoms with Gasteiger partial charge in [0.1, 0.15) is 18.0 Å². The van der Waals surface area contributed by atoms with Crippen LogP contribution in [0.1, 0.15) is 23.0 Å². The molecule has 3 heterocycles. The zero-order chi connectivity index (χ0) is 18.1. The highest BCUT2D eigenvalue weighted by atomic mass is 16.5. The number of nitrogens with two attached hydrogens (primary N) is 1. The number of hydrogen-bond donors (Lipinski definition) is 2. The number of amides is 1. The third-order valence-corrected chi connectivity index (χ3v) is 4.37. The van der Waals surface area contributed by atoms with Crippen molar-refractivity contribution in [2.24, 2.45) is 10.7 Å². The molecule has 1 amide bonds. The fraction of sp³-hybridized carbons (Fsp3) is 0.211. The number of amidine groups is 1. The normalized spacial score (nSPS) is 20.0. The molecule has 1 aliphatic heterocycles. The molecule has 0 saturated carbocycles. The van der Waals surface area contributed by atoms with Crippen molar-refractivity contribution >= 4 is 22.9 Å². The maximum Gasteiger partial charge on any atom is 0.276 e. The minimum atomic E-state index is -0.563. The predicted octanol–water partition coefficient (Wildman–Crippen LogP) is 2.19. The first-order chi connectivity index (χ1) is 12.5. The van der Waals surface area contributed by atoms with Gasteiger partial charge in [-0.05, 0) is 42.8 Å². The molecule has 132 valence electrons. The van der Waals surface area contributed by atoms with E-state index in [0.717, 1.165) is 11.1 Å². The van der Waals surface area contributed by atoms with Gasteiger partial charge in [-0.15, -0.1) is 0 Å². The summed E-state index contributed by atoms with van der Waals surface area (Å²) in [5, 5.41) is 7.18. The lowest BCUT2D eigenvalue weighted by Gasteiger charge is -2.30. The van der Waals surface area contributed by atoms with Gasteiger partial charge in [-0.1, -0.05) is 18.2 Å². The van der Waals surface area contributed by atoms with Gasteiger partial charge in [-0.2, -0.15) is 5.10 Å². The number of fused-ring (bicyclic) bond motifs is 1. The van der Waals surface area contributed by atoms with E-state index in [2.05, 4.69) is 15.4 Å². The van der Waals surface area contributed by atoms with Gasteiger partial charge < -0.3 is 15.8 Å². The molecule has 0 fully saturated rings. The van der Waals surface area contributed by atoms with Crippen molar-refractivity contribution in [3.05, 3.63) is 66.0 Å². The first-order valence-electron chi connectivity index (χ1n) is 8.32. The highest BCUT2D eigenvalue weighted by Gasteiger charge is 2.30. The number of aliphatic imine (C=N–C) groups is 1. The van der Waals surface area contributed by atoms with Crippen molar-refractivity contribution in [2.75, 3.05) is 18.5 Å². The Balaban J connectivity index is 1.59. The summed E-state index contributed by atoms with van der Waals surface area (Å²) in [6, 6.07) is 15.0. The zero-order valence-electron chi connectivity index (χ0n) is 14.3. The first-order valence-corrected chi connectivity index (χ1v) is 8.32. The quantitative estimate of drug-likeness (QED) is 0.758. The molecule has 1 aromatic carbocycles. The minimum Gasteiger partial charge on any atom is -0.386 e. The number of nitrogens with zero attached hydrogens (tertiary/aromatic N) is 3. The fourth-order valence-electron chi connectivity index (χ4n) is 3.06. The van der Waals surface area contributed by atoms with E-state index < -0.39 is 5.54 Å². The molecule has 0 spiro atoms. The second-order valence-electron chi connectivity index (χ2n) is 6.50. The van der Waals surface area contributed by atoms with Gasteiger partial charge in [-0.25, -0.2) is 4.52 Å². The second-order valence-corrected chi connectivity index (χ2v) is 6.50. The van der Waals surface area contributed by atoms with Crippen LogP contribution in [-0.2, 0) is 10.3 Å². The Bertz CT molecular complexity index is 977. The summed E-state index contributed by atoms with van der Waals surface area (Å²) in [5.41, 5.74) is 8.08. The number of pyridine rings is 1. The first kappa shape index (κ1) is 16.3. The molecule has 7 nitrogen and oxygen atoms in total. The van der Waals surface area contributed by atoms with Gasteiger partial charge in [0.15, 0.2) is 5.69 Å². The molecule has 3 N–H and O–H groups in total. The molecule has 0 saturated heterocycles. The summed E-state index contributed by atoms with van der Waals surface area (Å²) in [4.78, 5) is 17.1. The van der Waals surface area contributed by atoms with Gasteiger partial charge >= 0.3 is 0 Å². The van der Waals surface area contributed by atoms with Crippen LogP contribution in [0.3, 0.4) is 0 Å². The van der Waals surface area contributed by atoms with Gasteiger partial charge in [0.05, 0.1) is 12.1 Å². The lowest BCUT2D eigenvalue weighted by atomic mass is 9.92. The van der Waals surface area contributed by atoms with E-state index in [9.17, 15) is 4.79 Å². The van der Waals surface area contributed by atoms with Crippen LogP contribution in [0, 0.1) is 0 Å². The van der Waals surface area contributed by atoms with Crippen molar-refractivity contribution in [1.29, 1.82) is 0 Å². The number of aromatic nitrogens is 2. The van der Waals surface area contributed by atoms with Crippen molar-refractivity contribution < 1.29 is 9.53 Å². The van der Waals surface area contributed by atoms with Crippen molar-refractivity contribution in [3.8, 4) is 0 Å². The molecule has 1 atom stereocenters. The molecule has 4 rings (SSSR count). The van der Waals surface area contributed by atoms with E-state index in [4.69, 9.17) is 10.5 Å². The monoisotopic (exact) mass is 349 g/mol. The van der Waals surface area contributed by atoms with E-state index in [-0.39, 0.29) is 5.91 Å². The second kappa shape index (κ2) is 6.27. The smallest absolute Gasteiger partial charge is 0.276 e. The number of carbonyl (C=O) groups is 1. The van der Waals surface area contributed by atoms with Crippen LogP contribution in [0.25, 0.3) is 5.52 Å². The van der Waals surface area contributed by atoms with E-state index in [1.54, 1.807) is 16.8 Å². The van der Waals surface area contributed by atoms with Gasteiger partial charge in [-0.3, -0.25) is 9.79 Å². The van der Waals surface area contributed by atoms with Crippen LogP contribution in [0.2, 0.25) is 0 Å². The van der Waals surface area contributed by atoms with Crippen LogP contribution >= 0.6 is 0 Å². The summed E-state index contributed by atoms with van der Waals surface area (Å²) < 4.78 is 7.19. The Kier molecular flexibility index (Phi) is 3.93. The Morgan fingerprint density at radius 1 is 1.27 bits per heavy atom. The summed E-state index contributed by atoms with van der Waals surface area (Å²) in [6.07, 6.45) is 1.80. The number of nitrogens with one attached hydrogen (secondary N) is 1. The summed E-state index contributed by atoms with van der Waals surface area (Å²) in [5.74, 6) is 0.205. The fourth-order valence-corrected chi connectivity index (χ4v) is 3.06. The highest BCUT2D eigenvalue weighted by Crippen LogP contribution is 2.30. The van der Waals surface area contributed by atoms with Crippen molar-refractivity contribution in [2.45, 2.75) is 12.5 Å². The molecule has 0 bridgehead atoms. The Hall–Kier alpha value is -3.19. The van der Waals surface area contributed by atoms with Gasteiger partial charge in [0.2, 0.25) is 0 Å². The van der Waals surface area contributed by atoms with Crippen LogP contribution in [0.5, 0.6) is 0 Å². The van der Waals surface area contributed by atoms with Gasteiger partial charge in [0, 0.05) is 11.9 Å². The predicted molar refractivity (Wildman–Crippen MR) is 99.4 cm³/mol. The lowest BCUT2D eigenvalue weighted by molar-refractivity contribution is 0.102. The largest absolute Gasteiger partial charge is 0.386 e. The summed E-state index contributed by atoms with van der Waals surface area (Å²) >= 11 is 0. The van der Waals surface area contributed by atoms with Crippen LogP contribution in [0.4, 0.5) is 5.69 Å². The third kappa shape index (κ3) is 3.04. The summed E-state index contributed by atoms with van der Waals surface area (Å²) in [6.45, 7) is 2.75. The molecule has 0 aliphatic carbocycles. The average Bonchev–Trinajstić information content (AvgIpc) is 3.06. The van der Waals surface area contributed by atoms with E-state index in [1.165, 1.54) is 0 Å². The Labute approximate surface area is 150 Å². The number of benzene rings is 1. The number of hydrogen-bond acceptors (Lipinski definition) is 5. The molecule has 1 unspecified atom stereocenters. The van der Waals surface area contributed by atoms with E-state index in [1.807, 2.05) is 49.4 Å². The molecule has 2 aromatic heterocycles. The number of anilines is 1. The standard InChI is InChI=1S/C19H19N5O2/c1-19(12-26-11-17(20)22-19)13-5-4-6-14(9-13)21-18(25)16-10-15-7-2-3-8-24(15)23-16/h2-10H,11-12H2,1H3,(H2,20,22)(H,21,25). The SMILES string of the molecule is CC1(c2cccc(NC(=O)c3cc4ccccn4n3)c2)COCC(N)=N1. The number of rotatable bonds is 3. The molecule has 26 heavy (non-hydrogen) atoms. The highest BCUT2D eigenvalue weighted by molar-refractivity contribution is 6.03. The van der Waals surface area contributed by atoms with Crippen LogP contribution in [-0.4, -0.2) is 34.6 Å². The van der Waals surface area contributed by atoms with Gasteiger partial charge in [0.25, 0.3) is 5.91 Å². The number of ether oxygens (including phenoxy) is 1. The number of carbonyl (C=O) groups excluding carboxylic acids is 1. The summed E-state index contributed by atoms with van der Waals surface area (Å²) in [7, 11) is 0. The Morgan fingerprint density at radius 3 is 2.96 bits per heavy atom. The Morgan fingerprint density at radius 2 is 2.15 bits per heavy atom. The van der Waals surface area contributed by atoms with Crippen molar-refractivity contribution in [3.63, 3.8) is 0 Å². The zero-order valence-corrected chi connectivity index (χ0v) is 14.3. The van der Waals surface area contributed by atoms with Crippen LogP contribution < -0.4 is 11.1 Å². The molecule has 1 aliphatic rings. The lowest BCUT2D eigenvalue weighted by Crippen LogP contribution is -2.37. The topological polar surface area (TPSA) is 94.0 Å². The maximum absolute atomic E-state index is 12.5. The molecule has 3 aromatic rings. The van der Waals surface area contributed by atoms with Crippen LogP contribution in [0.15, 0.2) is 59.7 Å². The minimum absolute atomic E-state index is 0.265. The average molecular weight is 349 g/mol. The van der Waals surface area contributed by atoms with E-state index >= 15 is 0 Å². The molecule has 7 heteroatoms. The van der Waals surface area contributed by atoms with Crippen molar-refractivity contribution in [1.82, 2.24) is 9.61 Å². The molecular formula is C19H19N5O2.